The first-order chi connectivity index (χ1) is 8.86. The second-order valence-electron chi connectivity index (χ2n) is 3.95. The van der Waals surface area contributed by atoms with E-state index in [1.165, 1.54) is 0 Å². The molecule has 2 heterocycles. The van der Waals surface area contributed by atoms with Crippen LogP contribution >= 0.6 is 0 Å². The summed E-state index contributed by atoms with van der Waals surface area (Å²) in [4.78, 5) is 20.5. The van der Waals surface area contributed by atoms with Crippen molar-refractivity contribution in [3.8, 4) is 0 Å². The highest BCUT2D eigenvalue weighted by molar-refractivity contribution is 6.15. The van der Waals surface area contributed by atoms with Crippen molar-refractivity contribution in [1.82, 2.24) is 9.97 Å². The molecule has 3 aromatic rings. The third-order valence-corrected chi connectivity index (χ3v) is 2.82. The molecular weight excluding hydrogens is 224 g/mol. The molecule has 0 saturated heterocycles. The molecule has 0 aliphatic rings. The third kappa shape index (κ3) is 1.76. The van der Waals surface area contributed by atoms with E-state index in [4.69, 9.17) is 0 Å². The van der Waals surface area contributed by atoms with E-state index in [-0.39, 0.29) is 5.78 Å². The maximum absolute atomic E-state index is 12.4. The average Bonchev–Trinajstić information content (AvgIpc) is 2.47. The molecule has 0 fully saturated rings. The summed E-state index contributed by atoms with van der Waals surface area (Å²) in [5.74, 6) is -0.0626. The van der Waals surface area contributed by atoms with Crippen LogP contribution in [0.5, 0.6) is 0 Å². The van der Waals surface area contributed by atoms with Crippen LogP contribution in [0, 0.1) is 0 Å². The molecule has 3 heteroatoms. The topological polar surface area (TPSA) is 42.9 Å². The quantitative estimate of drug-likeness (QED) is 0.640. The number of ketones is 1. The first-order valence-corrected chi connectivity index (χ1v) is 5.65. The molecule has 2 aromatic heterocycles. The Morgan fingerprint density at radius 2 is 1.89 bits per heavy atom. The lowest BCUT2D eigenvalue weighted by Crippen LogP contribution is -2.04. The molecule has 0 radical (unpaired) electrons. The van der Waals surface area contributed by atoms with Crippen molar-refractivity contribution in [3.63, 3.8) is 0 Å². The van der Waals surface area contributed by atoms with E-state index in [0.29, 0.717) is 11.3 Å². The number of fused-ring (bicyclic) bond motifs is 1. The zero-order valence-corrected chi connectivity index (χ0v) is 9.58. The Hall–Kier alpha value is -2.55. The van der Waals surface area contributed by atoms with Gasteiger partial charge in [-0.25, -0.2) is 0 Å². The summed E-state index contributed by atoms with van der Waals surface area (Å²) in [6.07, 6.45) is 5.07. The summed E-state index contributed by atoms with van der Waals surface area (Å²) >= 11 is 0. The zero-order valence-electron chi connectivity index (χ0n) is 9.58. The molecule has 0 saturated carbocycles. The van der Waals surface area contributed by atoms with Gasteiger partial charge in [0.05, 0.1) is 0 Å². The number of pyridine rings is 2. The van der Waals surface area contributed by atoms with Gasteiger partial charge in [0.1, 0.15) is 5.69 Å². The summed E-state index contributed by atoms with van der Waals surface area (Å²) in [6, 6.07) is 12.8. The van der Waals surface area contributed by atoms with Crippen LogP contribution in [0.25, 0.3) is 10.8 Å². The number of hydrogen-bond donors (Lipinski definition) is 0. The van der Waals surface area contributed by atoms with E-state index < -0.39 is 0 Å². The molecule has 0 unspecified atom stereocenters. The fraction of sp³-hybridized carbons (Fsp3) is 0. The molecule has 0 bridgehead atoms. The highest BCUT2D eigenvalue weighted by Crippen LogP contribution is 2.19. The molecule has 0 spiro atoms. The monoisotopic (exact) mass is 234 g/mol. The fourth-order valence-corrected chi connectivity index (χ4v) is 1.96. The largest absolute Gasteiger partial charge is 0.287 e. The van der Waals surface area contributed by atoms with Crippen LogP contribution in [-0.4, -0.2) is 15.8 Å². The number of rotatable bonds is 2. The van der Waals surface area contributed by atoms with E-state index in [9.17, 15) is 4.79 Å². The number of benzene rings is 1. The summed E-state index contributed by atoms with van der Waals surface area (Å²) < 4.78 is 0. The van der Waals surface area contributed by atoms with Crippen molar-refractivity contribution < 1.29 is 4.79 Å². The van der Waals surface area contributed by atoms with Crippen LogP contribution in [0.1, 0.15) is 16.1 Å². The molecule has 3 nitrogen and oxygen atoms in total. The van der Waals surface area contributed by atoms with Gasteiger partial charge in [-0.15, -0.1) is 0 Å². The number of carbonyl (C=O) groups excluding carboxylic acids is 1. The molecule has 1 aromatic carbocycles. The van der Waals surface area contributed by atoms with Crippen molar-refractivity contribution in [3.05, 3.63) is 72.3 Å². The van der Waals surface area contributed by atoms with Crippen LogP contribution in [0.15, 0.2) is 61.1 Å². The van der Waals surface area contributed by atoms with Crippen LogP contribution < -0.4 is 0 Å². The van der Waals surface area contributed by atoms with Crippen molar-refractivity contribution >= 4 is 16.6 Å². The molecule has 86 valence electrons. The molecule has 0 aliphatic heterocycles. The number of carbonyl (C=O) groups is 1. The zero-order chi connectivity index (χ0) is 12.4. The predicted molar refractivity (Wildman–Crippen MR) is 69.4 cm³/mol. The second-order valence-corrected chi connectivity index (χ2v) is 3.95. The van der Waals surface area contributed by atoms with Gasteiger partial charge in [-0.1, -0.05) is 24.3 Å². The lowest BCUT2D eigenvalue weighted by molar-refractivity contribution is 0.103. The van der Waals surface area contributed by atoms with Crippen molar-refractivity contribution in [2.75, 3.05) is 0 Å². The summed E-state index contributed by atoms with van der Waals surface area (Å²) in [5.41, 5.74) is 1.12. The Labute approximate surface area is 104 Å². The van der Waals surface area contributed by atoms with Gasteiger partial charge in [0, 0.05) is 29.5 Å². The normalized spacial score (nSPS) is 10.4. The van der Waals surface area contributed by atoms with E-state index in [1.54, 1.807) is 30.7 Å². The molecular formula is C15H10N2O. The Kier molecular flexibility index (Phi) is 2.57. The van der Waals surface area contributed by atoms with Crippen LogP contribution in [-0.2, 0) is 0 Å². The number of nitrogens with zero attached hydrogens (tertiary/aromatic N) is 2. The second kappa shape index (κ2) is 4.37. The fourth-order valence-electron chi connectivity index (χ4n) is 1.96. The van der Waals surface area contributed by atoms with Gasteiger partial charge in [-0.3, -0.25) is 14.8 Å². The summed E-state index contributed by atoms with van der Waals surface area (Å²) in [5, 5.41) is 1.86. The van der Waals surface area contributed by atoms with Gasteiger partial charge < -0.3 is 0 Å². The van der Waals surface area contributed by atoms with E-state index in [2.05, 4.69) is 9.97 Å². The third-order valence-electron chi connectivity index (χ3n) is 2.82. The Bertz CT molecular complexity index is 703. The minimum atomic E-state index is -0.0626. The standard InChI is InChI=1S/C15H10N2O/c18-15(14-6-1-2-8-17-14)13-5-3-4-11-10-16-9-7-12(11)13/h1-10H. The molecule has 18 heavy (non-hydrogen) atoms. The van der Waals surface area contributed by atoms with Gasteiger partial charge in [0.25, 0.3) is 0 Å². The number of aromatic nitrogens is 2. The Morgan fingerprint density at radius 1 is 0.944 bits per heavy atom. The first kappa shape index (κ1) is 10.6. The van der Waals surface area contributed by atoms with Gasteiger partial charge in [-0.05, 0) is 23.6 Å². The van der Waals surface area contributed by atoms with Crippen molar-refractivity contribution in [1.29, 1.82) is 0 Å². The summed E-state index contributed by atoms with van der Waals surface area (Å²) in [6.45, 7) is 0. The van der Waals surface area contributed by atoms with Gasteiger partial charge in [0.15, 0.2) is 0 Å². The molecule has 0 amide bonds. The number of hydrogen-bond acceptors (Lipinski definition) is 3. The maximum Gasteiger partial charge on any atom is 0.211 e. The van der Waals surface area contributed by atoms with Gasteiger partial charge >= 0.3 is 0 Å². The molecule has 0 N–H and O–H groups in total. The predicted octanol–water partition coefficient (Wildman–Crippen LogP) is 2.86. The smallest absolute Gasteiger partial charge is 0.211 e. The highest BCUT2D eigenvalue weighted by atomic mass is 16.1. The van der Waals surface area contributed by atoms with Crippen LogP contribution in [0.2, 0.25) is 0 Å². The lowest BCUT2D eigenvalue weighted by Gasteiger charge is -2.04. The molecule has 0 aliphatic carbocycles. The van der Waals surface area contributed by atoms with Crippen molar-refractivity contribution in [2.24, 2.45) is 0 Å². The minimum Gasteiger partial charge on any atom is -0.287 e. The van der Waals surface area contributed by atoms with Gasteiger partial charge in [-0.2, -0.15) is 0 Å². The minimum absolute atomic E-state index is 0.0626. The first-order valence-electron chi connectivity index (χ1n) is 5.65. The maximum atomic E-state index is 12.4. The Morgan fingerprint density at radius 3 is 2.72 bits per heavy atom. The van der Waals surface area contributed by atoms with Crippen LogP contribution in [0.3, 0.4) is 0 Å². The Balaban J connectivity index is 2.18. The highest BCUT2D eigenvalue weighted by Gasteiger charge is 2.12. The molecule has 3 rings (SSSR count). The van der Waals surface area contributed by atoms with Gasteiger partial charge in [0.2, 0.25) is 5.78 Å². The summed E-state index contributed by atoms with van der Waals surface area (Å²) in [7, 11) is 0. The van der Waals surface area contributed by atoms with Crippen LogP contribution in [0.4, 0.5) is 0 Å². The lowest BCUT2D eigenvalue weighted by atomic mass is 10.0. The average molecular weight is 234 g/mol. The van der Waals surface area contributed by atoms with E-state index in [1.807, 2.05) is 30.3 Å². The van der Waals surface area contributed by atoms with Crippen molar-refractivity contribution in [2.45, 2.75) is 0 Å². The van der Waals surface area contributed by atoms with E-state index in [0.717, 1.165) is 10.8 Å². The molecule has 0 atom stereocenters. The SMILES string of the molecule is O=C(c1ccccn1)c1cccc2cnccc12. The van der Waals surface area contributed by atoms with E-state index >= 15 is 0 Å².